The average molecular weight is 350 g/mol. The van der Waals surface area contributed by atoms with Crippen molar-refractivity contribution in [2.45, 2.75) is 33.4 Å². The highest BCUT2D eigenvalue weighted by Crippen LogP contribution is 2.39. The molecule has 0 radical (unpaired) electrons. The van der Waals surface area contributed by atoms with Gasteiger partial charge in [0, 0.05) is 12.1 Å². The highest BCUT2D eigenvalue weighted by atomic mass is 16.3. The first kappa shape index (κ1) is 17.9. The number of amides is 1. The van der Waals surface area contributed by atoms with Crippen LogP contribution >= 0.6 is 0 Å². The minimum atomic E-state index is -0.612. The molecule has 0 bridgehead atoms. The van der Waals surface area contributed by atoms with Gasteiger partial charge in [-0.15, -0.1) is 0 Å². The summed E-state index contributed by atoms with van der Waals surface area (Å²) >= 11 is 0. The van der Waals surface area contributed by atoms with Gasteiger partial charge in [0.25, 0.3) is 5.91 Å². The van der Waals surface area contributed by atoms with Crippen LogP contribution in [0.4, 0.5) is 0 Å². The Morgan fingerprint density at radius 1 is 1.23 bits per heavy atom. The van der Waals surface area contributed by atoms with Crippen LogP contribution in [0, 0.1) is 12.8 Å². The lowest BCUT2D eigenvalue weighted by molar-refractivity contribution is -0.130. The summed E-state index contributed by atoms with van der Waals surface area (Å²) < 4.78 is 0. The molecule has 0 saturated carbocycles. The SMILES string of the molecule is Cc1cccc(C2C(C(=O)C(C)C)=C(O)C(=O)N2Cc2ccccn2)c1. The molecular formula is C21H22N2O3. The van der Waals surface area contributed by atoms with E-state index in [2.05, 4.69) is 4.98 Å². The second kappa shape index (κ2) is 7.12. The molecule has 1 N–H and O–H groups in total. The number of hydrogen-bond acceptors (Lipinski definition) is 4. The fraction of sp³-hybridized carbons (Fsp3) is 0.286. The molecule has 0 spiro atoms. The van der Waals surface area contributed by atoms with E-state index in [1.807, 2.05) is 43.3 Å². The molecule has 0 saturated heterocycles. The number of benzene rings is 1. The first-order valence-electron chi connectivity index (χ1n) is 8.65. The Morgan fingerprint density at radius 3 is 2.62 bits per heavy atom. The van der Waals surface area contributed by atoms with Crippen LogP contribution in [-0.4, -0.2) is 26.7 Å². The van der Waals surface area contributed by atoms with Crippen molar-refractivity contribution in [3.63, 3.8) is 0 Å². The minimum absolute atomic E-state index is 0.173. The number of hydrogen-bond donors (Lipinski definition) is 1. The topological polar surface area (TPSA) is 70.5 Å². The van der Waals surface area contributed by atoms with Crippen molar-refractivity contribution in [3.05, 3.63) is 76.8 Å². The molecule has 0 fully saturated rings. The van der Waals surface area contributed by atoms with E-state index in [0.717, 1.165) is 11.1 Å². The Kier molecular flexibility index (Phi) is 4.89. The Labute approximate surface area is 153 Å². The van der Waals surface area contributed by atoms with Crippen molar-refractivity contribution < 1.29 is 14.7 Å². The summed E-state index contributed by atoms with van der Waals surface area (Å²) in [5.74, 6) is -1.52. The molecule has 2 heterocycles. The summed E-state index contributed by atoms with van der Waals surface area (Å²) in [6.45, 7) is 5.71. The van der Waals surface area contributed by atoms with Crippen molar-refractivity contribution >= 4 is 11.7 Å². The number of ketones is 1. The summed E-state index contributed by atoms with van der Waals surface area (Å²) in [6, 6.07) is 12.5. The molecule has 1 aromatic carbocycles. The number of Topliss-reactive ketones (excluding diaryl/α,β-unsaturated/α-hetero) is 1. The van der Waals surface area contributed by atoms with Gasteiger partial charge in [-0.1, -0.05) is 49.7 Å². The summed E-state index contributed by atoms with van der Waals surface area (Å²) in [5, 5.41) is 10.5. The summed E-state index contributed by atoms with van der Waals surface area (Å²) in [4.78, 5) is 31.3. The number of aliphatic hydroxyl groups is 1. The van der Waals surface area contributed by atoms with Gasteiger partial charge in [-0.05, 0) is 24.6 Å². The number of rotatable bonds is 5. The van der Waals surface area contributed by atoms with Crippen LogP contribution in [0.15, 0.2) is 60.0 Å². The Bertz CT molecular complexity index is 872. The zero-order valence-electron chi connectivity index (χ0n) is 15.1. The molecule has 3 rings (SSSR count). The number of aryl methyl sites for hydroxylation is 1. The highest BCUT2D eigenvalue weighted by Gasteiger charge is 2.44. The maximum Gasteiger partial charge on any atom is 0.290 e. The van der Waals surface area contributed by atoms with Gasteiger partial charge < -0.3 is 10.0 Å². The Hall–Kier alpha value is -2.95. The average Bonchev–Trinajstić information content (AvgIpc) is 2.87. The predicted molar refractivity (Wildman–Crippen MR) is 98.2 cm³/mol. The van der Waals surface area contributed by atoms with Gasteiger partial charge in [-0.25, -0.2) is 0 Å². The normalized spacial score (nSPS) is 17.3. The van der Waals surface area contributed by atoms with Gasteiger partial charge in [0.15, 0.2) is 11.5 Å². The van der Waals surface area contributed by atoms with Gasteiger partial charge in [0.05, 0.1) is 23.9 Å². The van der Waals surface area contributed by atoms with E-state index in [9.17, 15) is 14.7 Å². The van der Waals surface area contributed by atoms with Gasteiger partial charge in [-0.3, -0.25) is 14.6 Å². The van der Waals surface area contributed by atoms with Crippen LogP contribution in [0.5, 0.6) is 0 Å². The van der Waals surface area contributed by atoms with Crippen molar-refractivity contribution in [1.82, 2.24) is 9.88 Å². The standard InChI is InChI=1S/C21H22N2O3/c1-13(2)19(24)17-18(15-8-6-7-14(3)11-15)23(21(26)20(17)25)12-16-9-4-5-10-22-16/h4-11,13,18,25H,12H2,1-3H3. The maximum atomic E-state index is 12.8. The van der Waals surface area contributed by atoms with Crippen molar-refractivity contribution in [2.75, 3.05) is 0 Å². The summed E-state index contributed by atoms with van der Waals surface area (Å²) in [5.41, 5.74) is 2.70. The molecule has 2 aromatic rings. The highest BCUT2D eigenvalue weighted by molar-refractivity contribution is 6.09. The van der Waals surface area contributed by atoms with E-state index in [4.69, 9.17) is 0 Å². The van der Waals surface area contributed by atoms with Crippen LogP contribution in [0.1, 0.15) is 36.7 Å². The third-order valence-corrected chi connectivity index (χ3v) is 4.51. The number of carbonyl (C=O) groups is 2. The smallest absolute Gasteiger partial charge is 0.290 e. The molecule has 1 unspecified atom stereocenters. The molecule has 1 aliphatic rings. The molecular weight excluding hydrogens is 328 g/mol. The molecule has 1 aliphatic heterocycles. The van der Waals surface area contributed by atoms with Gasteiger partial charge >= 0.3 is 0 Å². The van der Waals surface area contributed by atoms with Crippen LogP contribution in [0.2, 0.25) is 0 Å². The lowest BCUT2D eigenvalue weighted by atomic mass is 9.90. The van der Waals surface area contributed by atoms with E-state index in [0.29, 0.717) is 5.69 Å². The number of carbonyl (C=O) groups excluding carboxylic acids is 2. The van der Waals surface area contributed by atoms with Gasteiger partial charge in [0.1, 0.15) is 0 Å². The molecule has 1 atom stereocenters. The largest absolute Gasteiger partial charge is 0.503 e. The third kappa shape index (κ3) is 3.25. The van der Waals surface area contributed by atoms with E-state index >= 15 is 0 Å². The van der Waals surface area contributed by atoms with E-state index in [1.54, 1.807) is 26.1 Å². The first-order valence-corrected chi connectivity index (χ1v) is 8.65. The fourth-order valence-corrected chi connectivity index (χ4v) is 3.23. The molecule has 0 aliphatic carbocycles. The molecule has 5 heteroatoms. The van der Waals surface area contributed by atoms with Crippen LogP contribution in [-0.2, 0) is 16.1 Å². The lowest BCUT2D eigenvalue weighted by Crippen LogP contribution is -2.31. The third-order valence-electron chi connectivity index (χ3n) is 4.51. The van der Waals surface area contributed by atoms with E-state index in [-0.39, 0.29) is 23.8 Å². The monoisotopic (exact) mass is 350 g/mol. The van der Waals surface area contributed by atoms with Crippen LogP contribution in [0.3, 0.4) is 0 Å². The number of aliphatic hydroxyl groups excluding tert-OH is 1. The molecule has 134 valence electrons. The van der Waals surface area contributed by atoms with Crippen molar-refractivity contribution in [1.29, 1.82) is 0 Å². The molecule has 5 nitrogen and oxygen atoms in total. The Balaban J connectivity index is 2.09. The molecule has 1 aromatic heterocycles. The van der Waals surface area contributed by atoms with E-state index in [1.165, 1.54) is 4.90 Å². The van der Waals surface area contributed by atoms with Gasteiger partial charge in [-0.2, -0.15) is 0 Å². The first-order chi connectivity index (χ1) is 12.4. The predicted octanol–water partition coefficient (Wildman–Crippen LogP) is 3.51. The zero-order valence-corrected chi connectivity index (χ0v) is 15.1. The number of pyridine rings is 1. The molecule has 1 amide bonds. The second-order valence-corrected chi connectivity index (χ2v) is 6.85. The van der Waals surface area contributed by atoms with Crippen LogP contribution in [0.25, 0.3) is 0 Å². The van der Waals surface area contributed by atoms with E-state index < -0.39 is 17.7 Å². The zero-order chi connectivity index (χ0) is 18.8. The number of nitrogens with zero attached hydrogens (tertiary/aromatic N) is 2. The summed E-state index contributed by atoms with van der Waals surface area (Å²) in [6.07, 6.45) is 1.66. The van der Waals surface area contributed by atoms with Crippen molar-refractivity contribution in [2.24, 2.45) is 5.92 Å². The Morgan fingerprint density at radius 2 is 2.00 bits per heavy atom. The maximum absolute atomic E-state index is 12.8. The second-order valence-electron chi connectivity index (χ2n) is 6.85. The quantitative estimate of drug-likeness (QED) is 0.896. The number of aromatic nitrogens is 1. The lowest BCUT2D eigenvalue weighted by Gasteiger charge is -2.27. The van der Waals surface area contributed by atoms with Gasteiger partial charge in [0.2, 0.25) is 0 Å². The summed E-state index contributed by atoms with van der Waals surface area (Å²) in [7, 11) is 0. The molecule has 26 heavy (non-hydrogen) atoms. The fourth-order valence-electron chi connectivity index (χ4n) is 3.23. The van der Waals surface area contributed by atoms with Crippen LogP contribution < -0.4 is 0 Å². The minimum Gasteiger partial charge on any atom is -0.503 e. The van der Waals surface area contributed by atoms with Crippen molar-refractivity contribution in [3.8, 4) is 0 Å².